The van der Waals surface area contributed by atoms with Gasteiger partial charge < -0.3 is 20.5 Å². The standard InChI is InChI=1S/C13H14N2O5/c14-11(16)5-15(6-12(17)18)13(19)9-7-20-10-4-2-1-3-8(9)10/h1-4,9H,5-7H2,(H2,14,16)(H,17,18). The van der Waals surface area contributed by atoms with Crippen LogP contribution in [0.1, 0.15) is 11.5 Å². The number of carbonyl (C=O) groups is 3. The molecule has 0 spiro atoms. The van der Waals surface area contributed by atoms with Crippen molar-refractivity contribution in [3.63, 3.8) is 0 Å². The number of hydrogen-bond acceptors (Lipinski definition) is 4. The summed E-state index contributed by atoms with van der Waals surface area (Å²) in [6.07, 6.45) is 0. The van der Waals surface area contributed by atoms with Gasteiger partial charge in [-0.15, -0.1) is 0 Å². The second kappa shape index (κ2) is 5.60. The highest BCUT2D eigenvalue weighted by Gasteiger charge is 2.34. The number of carboxylic acid groups (broad SMARTS) is 1. The van der Waals surface area contributed by atoms with Crippen molar-refractivity contribution in [2.75, 3.05) is 19.7 Å². The molecule has 106 valence electrons. The topological polar surface area (TPSA) is 110 Å². The molecule has 7 heteroatoms. The lowest BCUT2D eigenvalue weighted by molar-refractivity contribution is -0.146. The van der Waals surface area contributed by atoms with E-state index in [0.29, 0.717) is 11.3 Å². The van der Waals surface area contributed by atoms with Crippen molar-refractivity contribution in [1.29, 1.82) is 0 Å². The number of nitrogens with two attached hydrogens (primary N) is 1. The van der Waals surface area contributed by atoms with Crippen molar-refractivity contribution in [3.8, 4) is 5.75 Å². The Morgan fingerprint density at radius 2 is 2.00 bits per heavy atom. The number of hydrogen-bond donors (Lipinski definition) is 2. The van der Waals surface area contributed by atoms with Crippen LogP contribution >= 0.6 is 0 Å². The number of nitrogens with zero attached hydrogens (tertiary/aromatic N) is 1. The molecule has 1 aromatic rings. The van der Waals surface area contributed by atoms with E-state index in [1.165, 1.54) is 0 Å². The summed E-state index contributed by atoms with van der Waals surface area (Å²) in [6.45, 7) is -0.864. The maximum atomic E-state index is 12.4. The summed E-state index contributed by atoms with van der Waals surface area (Å²) in [4.78, 5) is 35.0. The lowest BCUT2D eigenvalue weighted by Gasteiger charge is -2.22. The third-order valence-corrected chi connectivity index (χ3v) is 2.98. The predicted molar refractivity (Wildman–Crippen MR) is 68.1 cm³/mol. The second-order valence-electron chi connectivity index (χ2n) is 4.46. The van der Waals surface area contributed by atoms with Gasteiger partial charge in [-0.25, -0.2) is 0 Å². The quantitative estimate of drug-likeness (QED) is 0.758. The number of primary amides is 1. The van der Waals surface area contributed by atoms with Crippen molar-refractivity contribution >= 4 is 17.8 Å². The molecule has 0 fully saturated rings. The van der Waals surface area contributed by atoms with Crippen LogP contribution in [-0.4, -0.2) is 47.5 Å². The summed E-state index contributed by atoms with van der Waals surface area (Å²) in [6, 6.07) is 7.03. The number of aliphatic carboxylic acids is 1. The molecule has 2 rings (SSSR count). The van der Waals surface area contributed by atoms with Gasteiger partial charge in [-0.05, 0) is 6.07 Å². The van der Waals surface area contributed by atoms with Crippen LogP contribution < -0.4 is 10.5 Å². The molecule has 0 bridgehead atoms. The van der Waals surface area contributed by atoms with Gasteiger partial charge in [0.1, 0.15) is 24.8 Å². The molecule has 7 nitrogen and oxygen atoms in total. The van der Waals surface area contributed by atoms with Gasteiger partial charge in [0.05, 0.1) is 6.54 Å². The molecular formula is C13H14N2O5. The minimum absolute atomic E-state index is 0.132. The van der Waals surface area contributed by atoms with Crippen LogP contribution in [-0.2, 0) is 14.4 Å². The number of rotatable bonds is 5. The minimum Gasteiger partial charge on any atom is -0.492 e. The molecule has 0 radical (unpaired) electrons. The average Bonchev–Trinajstić information content (AvgIpc) is 2.79. The highest BCUT2D eigenvalue weighted by molar-refractivity contribution is 5.91. The molecular weight excluding hydrogens is 264 g/mol. The molecule has 3 N–H and O–H groups in total. The molecule has 1 atom stereocenters. The third-order valence-electron chi connectivity index (χ3n) is 2.98. The normalized spacial score (nSPS) is 16.1. The van der Waals surface area contributed by atoms with Gasteiger partial charge in [0.15, 0.2) is 0 Å². The predicted octanol–water partition coefficient (Wildman–Crippen LogP) is -0.439. The largest absolute Gasteiger partial charge is 0.492 e. The Kier molecular flexibility index (Phi) is 3.88. The van der Waals surface area contributed by atoms with Gasteiger partial charge in [0, 0.05) is 5.56 Å². The summed E-state index contributed by atoms with van der Waals surface area (Å²) < 4.78 is 5.38. The van der Waals surface area contributed by atoms with Crippen LogP contribution in [0.3, 0.4) is 0 Å². The van der Waals surface area contributed by atoms with E-state index in [9.17, 15) is 14.4 Å². The van der Waals surface area contributed by atoms with E-state index in [4.69, 9.17) is 15.6 Å². The summed E-state index contributed by atoms with van der Waals surface area (Å²) in [5.74, 6) is -2.44. The second-order valence-corrected chi connectivity index (χ2v) is 4.46. The van der Waals surface area contributed by atoms with Crippen molar-refractivity contribution in [1.82, 2.24) is 4.90 Å². The van der Waals surface area contributed by atoms with Gasteiger partial charge in [0.25, 0.3) is 0 Å². The van der Waals surface area contributed by atoms with Crippen LogP contribution in [0.15, 0.2) is 24.3 Å². The first-order chi connectivity index (χ1) is 9.49. The number of fused-ring (bicyclic) bond motifs is 1. The number of para-hydroxylation sites is 1. The zero-order chi connectivity index (χ0) is 14.7. The molecule has 0 saturated carbocycles. The van der Waals surface area contributed by atoms with Gasteiger partial charge in [0.2, 0.25) is 11.8 Å². The van der Waals surface area contributed by atoms with E-state index in [0.717, 1.165) is 4.90 Å². The van der Waals surface area contributed by atoms with E-state index in [2.05, 4.69) is 0 Å². The Bertz CT molecular complexity index is 541. The zero-order valence-electron chi connectivity index (χ0n) is 10.6. The van der Waals surface area contributed by atoms with Crippen LogP contribution in [0.25, 0.3) is 0 Å². The maximum absolute atomic E-state index is 12.4. The van der Waals surface area contributed by atoms with Gasteiger partial charge >= 0.3 is 5.97 Å². The Balaban J connectivity index is 2.20. The highest BCUT2D eigenvalue weighted by Crippen LogP contribution is 2.34. The zero-order valence-corrected chi connectivity index (χ0v) is 10.6. The first kappa shape index (κ1) is 13.9. The molecule has 0 saturated heterocycles. The fourth-order valence-corrected chi connectivity index (χ4v) is 2.15. The molecule has 0 aromatic heterocycles. The first-order valence-electron chi connectivity index (χ1n) is 5.99. The van der Waals surface area contributed by atoms with Crippen LogP contribution in [0.4, 0.5) is 0 Å². The molecule has 1 aliphatic heterocycles. The minimum atomic E-state index is -1.20. The molecule has 20 heavy (non-hydrogen) atoms. The summed E-state index contributed by atoms with van der Waals surface area (Å²) >= 11 is 0. The third kappa shape index (κ3) is 2.87. The fourth-order valence-electron chi connectivity index (χ4n) is 2.15. The van der Waals surface area contributed by atoms with E-state index < -0.39 is 36.8 Å². The van der Waals surface area contributed by atoms with Gasteiger partial charge in [-0.3, -0.25) is 14.4 Å². The Morgan fingerprint density at radius 3 is 2.65 bits per heavy atom. The smallest absolute Gasteiger partial charge is 0.323 e. The molecule has 0 aliphatic carbocycles. The van der Waals surface area contributed by atoms with E-state index in [1.54, 1.807) is 24.3 Å². The SMILES string of the molecule is NC(=O)CN(CC(=O)O)C(=O)C1COc2ccccc21. The summed E-state index contributed by atoms with van der Waals surface area (Å²) in [5.41, 5.74) is 5.74. The van der Waals surface area contributed by atoms with Crippen molar-refractivity contribution in [2.45, 2.75) is 5.92 Å². The van der Waals surface area contributed by atoms with E-state index in [-0.39, 0.29) is 6.61 Å². The van der Waals surface area contributed by atoms with Crippen molar-refractivity contribution < 1.29 is 24.2 Å². The monoisotopic (exact) mass is 278 g/mol. The maximum Gasteiger partial charge on any atom is 0.323 e. The molecule has 1 aliphatic rings. The van der Waals surface area contributed by atoms with Crippen LogP contribution in [0.5, 0.6) is 5.75 Å². The Labute approximate surface area is 114 Å². The number of benzene rings is 1. The average molecular weight is 278 g/mol. The van der Waals surface area contributed by atoms with Crippen LogP contribution in [0.2, 0.25) is 0 Å². The molecule has 1 unspecified atom stereocenters. The molecule has 2 amide bonds. The summed E-state index contributed by atoms with van der Waals surface area (Å²) in [7, 11) is 0. The lowest BCUT2D eigenvalue weighted by atomic mass is 10.00. The molecule has 1 heterocycles. The van der Waals surface area contributed by atoms with E-state index in [1.807, 2.05) is 0 Å². The first-order valence-corrected chi connectivity index (χ1v) is 5.99. The highest BCUT2D eigenvalue weighted by atomic mass is 16.5. The summed E-state index contributed by atoms with van der Waals surface area (Å²) in [5, 5.41) is 8.81. The number of amides is 2. The number of ether oxygens (including phenoxy) is 1. The molecule has 1 aromatic carbocycles. The number of carboxylic acids is 1. The van der Waals surface area contributed by atoms with E-state index >= 15 is 0 Å². The number of carbonyl (C=O) groups excluding carboxylic acids is 2. The Hall–Kier alpha value is -2.57. The van der Waals surface area contributed by atoms with Gasteiger partial charge in [-0.2, -0.15) is 0 Å². The van der Waals surface area contributed by atoms with Crippen molar-refractivity contribution in [2.24, 2.45) is 5.73 Å². The lowest BCUT2D eigenvalue weighted by Crippen LogP contribution is -2.44. The fraction of sp³-hybridized carbons (Fsp3) is 0.308. The Morgan fingerprint density at radius 1 is 1.30 bits per heavy atom. The van der Waals surface area contributed by atoms with Crippen molar-refractivity contribution in [3.05, 3.63) is 29.8 Å². The van der Waals surface area contributed by atoms with Gasteiger partial charge in [-0.1, -0.05) is 18.2 Å². The van der Waals surface area contributed by atoms with Crippen LogP contribution in [0, 0.1) is 0 Å².